The van der Waals surface area contributed by atoms with E-state index in [2.05, 4.69) is 10.3 Å². The van der Waals surface area contributed by atoms with E-state index in [0.29, 0.717) is 25.3 Å². The molecule has 4 nitrogen and oxygen atoms in total. The SMILES string of the molecule is Cc1nc2cc(CCNC(=O)CCc3cccc(F)c3)ccc2o1. The maximum atomic E-state index is 13.1. The first kappa shape index (κ1) is 16.2. The molecule has 1 heterocycles. The highest BCUT2D eigenvalue weighted by atomic mass is 19.1. The lowest BCUT2D eigenvalue weighted by molar-refractivity contribution is -0.121. The Morgan fingerprint density at radius 1 is 1.17 bits per heavy atom. The van der Waals surface area contributed by atoms with E-state index >= 15 is 0 Å². The molecule has 0 fully saturated rings. The Kier molecular flexibility index (Phi) is 4.89. The van der Waals surface area contributed by atoms with Gasteiger partial charge >= 0.3 is 0 Å². The van der Waals surface area contributed by atoms with E-state index in [1.54, 1.807) is 6.07 Å². The van der Waals surface area contributed by atoms with Crippen LogP contribution in [0.15, 0.2) is 46.9 Å². The lowest BCUT2D eigenvalue weighted by Crippen LogP contribution is -2.25. The molecular formula is C19H19FN2O2. The lowest BCUT2D eigenvalue weighted by atomic mass is 10.1. The molecule has 1 aromatic heterocycles. The molecule has 2 aromatic carbocycles. The molecule has 0 aliphatic carbocycles. The van der Waals surface area contributed by atoms with Gasteiger partial charge in [0, 0.05) is 19.9 Å². The van der Waals surface area contributed by atoms with E-state index in [-0.39, 0.29) is 11.7 Å². The van der Waals surface area contributed by atoms with Gasteiger partial charge in [-0.2, -0.15) is 0 Å². The summed E-state index contributed by atoms with van der Waals surface area (Å²) in [7, 11) is 0. The second kappa shape index (κ2) is 7.25. The lowest BCUT2D eigenvalue weighted by Gasteiger charge is -2.06. The summed E-state index contributed by atoms with van der Waals surface area (Å²) >= 11 is 0. The van der Waals surface area contributed by atoms with E-state index in [0.717, 1.165) is 28.6 Å². The molecular weight excluding hydrogens is 307 g/mol. The molecule has 3 aromatic rings. The van der Waals surface area contributed by atoms with Gasteiger partial charge in [-0.25, -0.2) is 9.37 Å². The molecule has 1 amide bonds. The average Bonchev–Trinajstić information content (AvgIpc) is 2.92. The van der Waals surface area contributed by atoms with Crippen LogP contribution in [0.5, 0.6) is 0 Å². The number of carbonyl (C=O) groups excluding carboxylic acids is 1. The number of aromatic nitrogens is 1. The van der Waals surface area contributed by atoms with Gasteiger partial charge in [0.05, 0.1) is 0 Å². The maximum Gasteiger partial charge on any atom is 0.220 e. The van der Waals surface area contributed by atoms with Gasteiger partial charge in [-0.1, -0.05) is 18.2 Å². The van der Waals surface area contributed by atoms with Gasteiger partial charge < -0.3 is 9.73 Å². The summed E-state index contributed by atoms with van der Waals surface area (Å²) in [6.07, 6.45) is 1.62. The summed E-state index contributed by atoms with van der Waals surface area (Å²) in [6.45, 7) is 2.38. The average molecular weight is 326 g/mol. The molecule has 0 saturated heterocycles. The molecule has 5 heteroatoms. The van der Waals surface area contributed by atoms with Gasteiger partial charge in [0.1, 0.15) is 11.3 Å². The fourth-order valence-electron chi connectivity index (χ4n) is 2.63. The summed E-state index contributed by atoms with van der Waals surface area (Å²) in [6, 6.07) is 12.2. The minimum Gasteiger partial charge on any atom is -0.441 e. The highest BCUT2D eigenvalue weighted by Gasteiger charge is 2.05. The predicted octanol–water partition coefficient (Wildman–Crippen LogP) is 3.57. The van der Waals surface area contributed by atoms with Crippen molar-refractivity contribution in [2.24, 2.45) is 0 Å². The van der Waals surface area contributed by atoms with E-state index in [1.807, 2.05) is 31.2 Å². The van der Waals surface area contributed by atoms with Crippen molar-refractivity contribution in [2.45, 2.75) is 26.2 Å². The van der Waals surface area contributed by atoms with E-state index < -0.39 is 0 Å². The van der Waals surface area contributed by atoms with Crippen molar-refractivity contribution in [1.29, 1.82) is 0 Å². The van der Waals surface area contributed by atoms with Gasteiger partial charge in [-0.15, -0.1) is 0 Å². The number of hydrogen-bond acceptors (Lipinski definition) is 3. The van der Waals surface area contributed by atoms with E-state index in [1.165, 1.54) is 12.1 Å². The van der Waals surface area contributed by atoms with Crippen molar-refractivity contribution in [2.75, 3.05) is 6.54 Å². The van der Waals surface area contributed by atoms with Crippen LogP contribution in [0.25, 0.3) is 11.1 Å². The van der Waals surface area contributed by atoms with Crippen molar-refractivity contribution in [3.63, 3.8) is 0 Å². The number of fused-ring (bicyclic) bond motifs is 1. The van der Waals surface area contributed by atoms with Gasteiger partial charge in [0.15, 0.2) is 11.5 Å². The Morgan fingerprint density at radius 2 is 2.00 bits per heavy atom. The number of benzene rings is 2. The monoisotopic (exact) mass is 326 g/mol. The minimum absolute atomic E-state index is 0.0300. The Bertz CT molecular complexity index is 857. The Balaban J connectivity index is 1.45. The molecule has 0 spiro atoms. The largest absolute Gasteiger partial charge is 0.441 e. The molecule has 0 unspecified atom stereocenters. The Labute approximate surface area is 139 Å². The Hall–Kier alpha value is -2.69. The van der Waals surface area contributed by atoms with Gasteiger partial charge in [-0.3, -0.25) is 4.79 Å². The zero-order valence-electron chi connectivity index (χ0n) is 13.5. The number of aryl methyl sites for hydroxylation is 2. The smallest absolute Gasteiger partial charge is 0.220 e. The van der Waals surface area contributed by atoms with Gasteiger partial charge in [0.25, 0.3) is 0 Å². The zero-order valence-corrected chi connectivity index (χ0v) is 13.5. The van der Waals surface area contributed by atoms with Crippen LogP contribution < -0.4 is 5.32 Å². The number of hydrogen-bond donors (Lipinski definition) is 1. The van der Waals surface area contributed by atoms with Crippen LogP contribution >= 0.6 is 0 Å². The molecule has 124 valence electrons. The fourth-order valence-corrected chi connectivity index (χ4v) is 2.63. The number of nitrogens with one attached hydrogen (secondary N) is 1. The highest BCUT2D eigenvalue weighted by Crippen LogP contribution is 2.16. The third kappa shape index (κ3) is 4.19. The summed E-state index contributed by atoms with van der Waals surface area (Å²) in [4.78, 5) is 16.2. The standard InChI is InChI=1S/C19H19FN2O2/c1-13-22-17-12-15(5-7-18(17)24-13)9-10-21-19(23)8-6-14-3-2-4-16(20)11-14/h2-5,7,11-12H,6,8-10H2,1H3,(H,21,23). The zero-order chi connectivity index (χ0) is 16.9. The summed E-state index contributed by atoms with van der Waals surface area (Å²) < 4.78 is 18.5. The first-order valence-corrected chi connectivity index (χ1v) is 7.97. The molecule has 0 aliphatic heterocycles. The van der Waals surface area contributed by atoms with Crippen LogP contribution in [0.2, 0.25) is 0 Å². The fraction of sp³-hybridized carbons (Fsp3) is 0.263. The molecule has 3 rings (SSSR count). The second-order valence-electron chi connectivity index (χ2n) is 5.76. The van der Waals surface area contributed by atoms with E-state index in [4.69, 9.17) is 4.42 Å². The van der Waals surface area contributed by atoms with Crippen molar-refractivity contribution < 1.29 is 13.6 Å². The minimum atomic E-state index is -0.272. The number of oxazole rings is 1. The molecule has 0 aliphatic rings. The molecule has 1 N–H and O–H groups in total. The topological polar surface area (TPSA) is 55.1 Å². The number of halogens is 1. The predicted molar refractivity (Wildman–Crippen MR) is 90.2 cm³/mol. The van der Waals surface area contributed by atoms with Crippen LogP contribution in [-0.4, -0.2) is 17.4 Å². The number of carbonyl (C=O) groups is 1. The van der Waals surface area contributed by atoms with Crippen LogP contribution in [0.4, 0.5) is 4.39 Å². The van der Waals surface area contributed by atoms with Crippen LogP contribution in [0, 0.1) is 12.7 Å². The quantitative estimate of drug-likeness (QED) is 0.753. The number of rotatable bonds is 6. The third-order valence-corrected chi connectivity index (χ3v) is 3.82. The van der Waals surface area contributed by atoms with Crippen molar-refractivity contribution in [3.8, 4) is 0 Å². The summed E-state index contributed by atoms with van der Waals surface area (Å²) in [5, 5.41) is 2.89. The second-order valence-corrected chi connectivity index (χ2v) is 5.76. The molecule has 24 heavy (non-hydrogen) atoms. The summed E-state index contributed by atoms with van der Waals surface area (Å²) in [5.41, 5.74) is 3.54. The number of nitrogens with zero attached hydrogens (tertiary/aromatic N) is 1. The van der Waals surface area contributed by atoms with Crippen molar-refractivity contribution >= 4 is 17.0 Å². The highest BCUT2D eigenvalue weighted by molar-refractivity contribution is 5.76. The molecule has 0 bridgehead atoms. The molecule has 0 atom stereocenters. The third-order valence-electron chi connectivity index (χ3n) is 3.82. The molecule has 0 saturated carbocycles. The molecule has 0 radical (unpaired) electrons. The van der Waals surface area contributed by atoms with Gasteiger partial charge in [-0.05, 0) is 48.2 Å². The van der Waals surface area contributed by atoms with Crippen molar-refractivity contribution in [1.82, 2.24) is 10.3 Å². The normalized spacial score (nSPS) is 10.9. The Morgan fingerprint density at radius 3 is 2.83 bits per heavy atom. The maximum absolute atomic E-state index is 13.1. The van der Waals surface area contributed by atoms with Crippen LogP contribution in [0.1, 0.15) is 23.4 Å². The first-order chi connectivity index (χ1) is 11.6. The summed E-state index contributed by atoms with van der Waals surface area (Å²) in [5.74, 6) is 0.344. The van der Waals surface area contributed by atoms with E-state index in [9.17, 15) is 9.18 Å². The van der Waals surface area contributed by atoms with Gasteiger partial charge in [0.2, 0.25) is 5.91 Å². The first-order valence-electron chi connectivity index (χ1n) is 7.97. The van der Waals surface area contributed by atoms with Crippen LogP contribution in [-0.2, 0) is 17.6 Å². The van der Waals surface area contributed by atoms with Crippen LogP contribution in [0.3, 0.4) is 0 Å². The van der Waals surface area contributed by atoms with Crippen molar-refractivity contribution in [3.05, 3.63) is 65.3 Å². The number of amides is 1.